The number of fused-ring (bicyclic) bond motifs is 1. The lowest BCUT2D eigenvalue weighted by molar-refractivity contribution is 0.0950. The zero-order valence-electron chi connectivity index (χ0n) is 14.9. The van der Waals surface area contributed by atoms with Gasteiger partial charge < -0.3 is 10.3 Å². The molecule has 1 aliphatic rings. The van der Waals surface area contributed by atoms with E-state index in [1.54, 1.807) is 18.5 Å². The summed E-state index contributed by atoms with van der Waals surface area (Å²) in [6.07, 6.45) is 7.79. The molecule has 2 aromatic heterocycles. The van der Waals surface area contributed by atoms with Gasteiger partial charge in [0.25, 0.3) is 11.5 Å². The van der Waals surface area contributed by atoms with Crippen molar-refractivity contribution in [2.75, 3.05) is 0 Å². The summed E-state index contributed by atoms with van der Waals surface area (Å²) in [5.41, 5.74) is 4.22. The molecule has 136 valence electrons. The Morgan fingerprint density at radius 1 is 1.11 bits per heavy atom. The summed E-state index contributed by atoms with van der Waals surface area (Å²) in [4.78, 5) is 35.6. The van der Waals surface area contributed by atoms with E-state index < -0.39 is 0 Å². The number of rotatable bonds is 4. The number of nitrogens with zero attached hydrogens (tertiary/aromatic N) is 2. The Bertz CT molecular complexity index is 1030. The molecule has 0 fully saturated rings. The summed E-state index contributed by atoms with van der Waals surface area (Å²) in [5.74, 6) is 0.280. The molecule has 4 rings (SSSR count). The zero-order chi connectivity index (χ0) is 18.6. The van der Waals surface area contributed by atoms with E-state index in [2.05, 4.69) is 26.3 Å². The molecule has 0 spiro atoms. The minimum Gasteiger partial charge on any atom is -0.346 e. The van der Waals surface area contributed by atoms with Gasteiger partial charge in [-0.05, 0) is 61.1 Å². The molecule has 0 aliphatic heterocycles. The van der Waals surface area contributed by atoms with Crippen molar-refractivity contribution in [2.45, 2.75) is 32.2 Å². The van der Waals surface area contributed by atoms with Gasteiger partial charge in [-0.1, -0.05) is 6.07 Å². The van der Waals surface area contributed by atoms with Crippen LogP contribution >= 0.6 is 0 Å². The smallest absolute Gasteiger partial charge is 0.251 e. The molecule has 0 unspecified atom stereocenters. The number of aromatic nitrogens is 3. The van der Waals surface area contributed by atoms with E-state index in [-0.39, 0.29) is 18.0 Å². The number of nitrogens with one attached hydrogen (secondary N) is 2. The van der Waals surface area contributed by atoms with Crippen LogP contribution in [-0.2, 0) is 19.4 Å². The molecule has 0 saturated carbocycles. The number of H-pyrrole nitrogens is 1. The maximum absolute atomic E-state index is 12.5. The number of benzene rings is 1. The van der Waals surface area contributed by atoms with Gasteiger partial charge in [-0.25, -0.2) is 4.98 Å². The van der Waals surface area contributed by atoms with Crippen molar-refractivity contribution in [1.29, 1.82) is 0 Å². The predicted molar refractivity (Wildman–Crippen MR) is 102 cm³/mol. The number of aryl methyl sites for hydroxylation is 2. The van der Waals surface area contributed by atoms with Crippen molar-refractivity contribution in [1.82, 2.24) is 20.3 Å². The minimum atomic E-state index is -0.262. The fourth-order valence-corrected chi connectivity index (χ4v) is 3.39. The molecule has 1 aliphatic carbocycles. The number of carbonyl (C=O) groups excluding carboxylic acids is 1. The molecule has 0 atom stereocenters. The Labute approximate surface area is 156 Å². The number of hydrogen-bond acceptors (Lipinski definition) is 4. The van der Waals surface area contributed by atoms with Gasteiger partial charge in [-0.2, -0.15) is 0 Å². The van der Waals surface area contributed by atoms with Gasteiger partial charge in [0.05, 0.1) is 12.2 Å². The molecule has 3 aromatic rings. The maximum atomic E-state index is 12.5. The molecule has 0 radical (unpaired) electrons. The lowest BCUT2D eigenvalue weighted by Crippen LogP contribution is -2.25. The molecule has 2 heterocycles. The van der Waals surface area contributed by atoms with Crippen LogP contribution in [0.3, 0.4) is 0 Å². The first-order valence-corrected chi connectivity index (χ1v) is 9.10. The van der Waals surface area contributed by atoms with Crippen LogP contribution < -0.4 is 10.9 Å². The first kappa shape index (κ1) is 17.1. The Hall–Kier alpha value is -3.28. The topological polar surface area (TPSA) is 87.7 Å². The Morgan fingerprint density at radius 3 is 2.78 bits per heavy atom. The molecule has 27 heavy (non-hydrogen) atoms. The van der Waals surface area contributed by atoms with Crippen molar-refractivity contribution >= 4 is 5.91 Å². The Morgan fingerprint density at radius 2 is 1.96 bits per heavy atom. The average molecular weight is 360 g/mol. The first-order chi connectivity index (χ1) is 13.2. The van der Waals surface area contributed by atoms with Crippen LogP contribution in [0.5, 0.6) is 0 Å². The fourth-order valence-electron chi connectivity index (χ4n) is 3.39. The Kier molecular flexibility index (Phi) is 4.78. The summed E-state index contributed by atoms with van der Waals surface area (Å²) >= 11 is 0. The van der Waals surface area contributed by atoms with Gasteiger partial charge in [-0.3, -0.25) is 14.6 Å². The predicted octanol–water partition coefficient (Wildman–Crippen LogP) is 2.64. The molecule has 1 amide bonds. The highest BCUT2D eigenvalue weighted by Gasteiger charge is 2.13. The van der Waals surface area contributed by atoms with Gasteiger partial charge in [0.15, 0.2) is 0 Å². The van der Waals surface area contributed by atoms with Crippen LogP contribution in [0.15, 0.2) is 53.6 Å². The number of aromatic amines is 1. The van der Waals surface area contributed by atoms with Crippen molar-refractivity contribution in [3.05, 3.63) is 81.5 Å². The molecule has 2 N–H and O–H groups in total. The number of hydrogen-bond donors (Lipinski definition) is 2. The summed E-state index contributed by atoms with van der Waals surface area (Å²) in [6, 6.07) is 10.9. The molecule has 0 saturated heterocycles. The second-order valence-electron chi connectivity index (χ2n) is 6.70. The third kappa shape index (κ3) is 3.95. The SMILES string of the molecule is O=C(NCc1cc(=O)[nH]c(-c2cccnc2)n1)c1ccc2c(c1)CCCC2. The number of amides is 1. The van der Waals surface area contributed by atoms with Crippen molar-refractivity contribution in [2.24, 2.45) is 0 Å². The summed E-state index contributed by atoms with van der Waals surface area (Å²) < 4.78 is 0. The van der Waals surface area contributed by atoms with Crippen LogP contribution in [0, 0.1) is 0 Å². The summed E-state index contributed by atoms with van der Waals surface area (Å²) in [6.45, 7) is 0.188. The van der Waals surface area contributed by atoms with Crippen LogP contribution in [0.25, 0.3) is 11.4 Å². The minimum absolute atomic E-state index is 0.159. The van der Waals surface area contributed by atoms with E-state index in [4.69, 9.17) is 0 Å². The highest BCUT2D eigenvalue weighted by atomic mass is 16.1. The summed E-state index contributed by atoms with van der Waals surface area (Å²) in [7, 11) is 0. The van der Waals surface area contributed by atoms with Crippen LogP contribution in [0.2, 0.25) is 0 Å². The van der Waals surface area contributed by atoms with Gasteiger partial charge >= 0.3 is 0 Å². The van der Waals surface area contributed by atoms with E-state index >= 15 is 0 Å². The van der Waals surface area contributed by atoms with Gasteiger partial charge in [0.2, 0.25) is 0 Å². The van der Waals surface area contributed by atoms with Crippen LogP contribution in [-0.4, -0.2) is 20.9 Å². The van der Waals surface area contributed by atoms with E-state index in [0.717, 1.165) is 18.4 Å². The molecule has 6 nitrogen and oxygen atoms in total. The number of pyridine rings is 1. The fraction of sp³-hybridized carbons (Fsp3) is 0.238. The van der Waals surface area contributed by atoms with Crippen molar-refractivity contribution < 1.29 is 4.79 Å². The van der Waals surface area contributed by atoms with Gasteiger partial charge in [0.1, 0.15) is 5.82 Å². The molecule has 1 aromatic carbocycles. The second-order valence-corrected chi connectivity index (χ2v) is 6.70. The van der Waals surface area contributed by atoms with Crippen molar-refractivity contribution in [3.63, 3.8) is 0 Å². The van der Waals surface area contributed by atoms with Gasteiger partial charge in [-0.15, -0.1) is 0 Å². The molecule has 6 heteroatoms. The van der Waals surface area contributed by atoms with Gasteiger partial charge in [0, 0.05) is 29.6 Å². The quantitative estimate of drug-likeness (QED) is 0.749. The van der Waals surface area contributed by atoms with Crippen LogP contribution in [0.1, 0.15) is 40.0 Å². The molecular formula is C21H20N4O2. The molecular weight excluding hydrogens is 340 g/mol. The lowest BCUT2D eigenvalue weighted by atomic mass is 9.90. The highest BCUT2D eigenvalue weighted by Crippen LogP contribution is 2.22. The van der Waals surface area contributed by atoms with Crippen LogP contribution in [0.4, 0.5) is 0 Å². The first-order valence-electron chi connectivity index (χ1n) is 9.10. The monoisotopic (exact) mass is 360 g/mol. The van der Waals surface area contributed by atoms with E-state index in [9.17, 15) is 9.59 Å². The maximum Gasteiger partial charge on any atom is 0.251 e. The second kappa shape index (κ2) is 7.53. The van der Waals surface area contributed by atoms with E-state index in [0.29, 0.717) is 17.1 Å². The third-order valence-electron chi connectivity index (χ3n) is 4.77. The van der Waals surface area contributed by atoms with Crippen molar-refractivity contribution in [3.8, 4) is 11.4 Å². The van der Waals surface area contributed by atoms with E-state index in [1.807, 2.05) is 18.2 Å². The van der Waals surface area contributed by atoms with E-state index in [1.165, 1.54) is 30.0 Å². The molecule has 0 bridgehead atoms. The lowest BCUT2D eigenvalue weighted by Gasteiger charge is -2.16. The zero-order valence-corrected chi connectivity index (χ0v) is 14.9. The largest absolute Gasteiger partial charge is 0.346 e. The summed E-state index contributed by atoms with van der Waals surface area (Å²) in [5, 5.41) is 2.86. The highest BCUT2D eigenvalue weighted by molar-refractivity contribution is 5.94. The standard InChI is InChI=1S/C21H20N4O2/c26-19-11-18(24-20(25-19)17-6-3-9-22-12-17)13-23-21(27)16-8-7-14-4-1-2-5-15(14)10-16/h3,6-12H,1-2,4-5,13H2,(H,23,27)(H,24,25,26). The number of carbonyl (C=O) groups is 1. The third-order valence-corrected chi connectivity index (χ3v) is 4.77. The normalized spacial score (nSPS) is 13.0. The average Bonchev–Trinajstić information content (AvgIpc) is 2.72. The Balaban J connectivity index is 1.49.